The lowest BCUT2D eigenvalue weighted by Crippen LogP contribution is -2.61. The lowest BCUT2D eigenvalue weighted by atomic mass is 9.85. The molecular formula is C23H25ClN4O2. The molecule has 1 N–H and O–H groups in total. The third-order valence-electron chi connectivity index (χ3n) is 6.91. The summed E-state index contributed by atoms with van der Waals surface area (Å²) in [5, 5.41) is 14.5. The molecule has 2 aliphatic heterocycles. The number of likely N-dealkylation sites (tertiary alicyclic amines) is 1. The molecule has 7 heteroatoms. The van der Waals surface area contributed by atoms with E-state index >= 15 is 0 Å². The first kappa shape index (κ1) is 19.7. The zero-order chi connectivity index (χ0) is 20.9. The molecule has 30 heavy (non-hydrogen) atoms. The van der Waals surface area contributed by atoms with Crippen LogP contribution < -0.4 is 5.32 Å². The number of anilines is 1. The van der Waals surface area contributed by atoms with Crippen LogP contribution in [0.3, 0.4) is 0 Å². The molecule has 3 aliphatic rings. The average molecular weight is 425 g/mol. The standard InChI is InChI=1S/C23H25ClN4O2/c1-23(12-30-13-23)28-4-2-14(3-5-28)18-6-15-9-21(26-11-17(15)8-20(18)24)27-22(29)19-7-16(19)10-25/h6,8-9,11,14,16,19H,2-5,7,12-13H2,1H3,(H,26,27,29). The number of halogens is 1. The van der Waals surface area contributed by atoms with Crippen LogP contribution in [0.2, 0.25) is 5.02 Å². The van der Waals surface area contributed by atoms with E-state index in [9.17, 15) is 4.79 Å². The van der Waals surface area contributed by atoms with E-state index in [1.54, 1.807) is 6.20 Å². The summed E-state index contributed by atoms with van der Waals surface area (Å²) in [6.07, 6.45) is 4.54. The Morgan fingerprint density at radius 1 is 1.30 bits per heavy atom. The second-order valence-corrected chi connectivity index (χ2v) is 9.52. The molecule has 5 rings (SSSR count). The van der Waals surface area contributed by atoms with E-state index in [-0.39, 0.29) is 23.3 Å². The van der Waals surface area contributed by atoms with E-state index in [0.717, 1.165) is 54.9 Å². The van der Waals surface area contributed by atoms with Gasteiger partial charge >= 0.3 is 0 Å². The molecule has 2 unspecified atom stereocenters. The maximum atomic E-state index is 12.3. The van der Waals surface area contributed by atoms with Gasteiger partial charge in [-0.25, -0.2) is 4.98 Å². The smallest absolute Gasteiger partial charge is 0.230 e. The second-order valence-electron chi connectivity index (χ2n) is 9.11. The molecule has 3 fully saturated rings. The van der Waals surface area contributed by atoms with Crippen molar-refractivity contribution in [3.05, 3.63) is 35.0 Å². The first-order valence-electron chi connectivity index (χ1n) is 10.6. The zero-order valence-electron chi connectivity index (χ0n) is 17.0. The fraction of sp³-hybridized carbons (Fsp3) is 0.522. The molecule has 0 radical (unpaired) electrons. The molecule has 1 aromatic carbocycles. The number of carbonyl (C=O) groups excluding carboxylic acids is 1. The predicted octanol–water partition coefficient (Wildman–Crippen LogP) is 3.95. The van der Waals surface area contributed by atoms with Gasteiger partial charge in [0.25, 0.3) is 0 Å². The molecule has 156 valence electrons. The van der Waals surface area contributed by atoms with Crippen LogP contribution in [-0.2, 0) is 9.53 Å². The van der Waals surface area contributed by atoms with Crippen molar-refractivity contribution in [3.8, 4) is 6.07 Å². The Bertz CT molecular complexity index is 1040. The number of ether oxygens (including phenoxy) is 1. The monoisotopic (exact) mass is 424 g/mol. The fourth-order valence-corrected chi connectivity index (χ4v) is 5.05. The summed E-state index contributed by atoms with van der Waals surface area (Å²) >= 11 is 6.65. The molecule has 0 bridgehead atoms. The number of aromatic nitrogens is 1. The summed E-state index contributed by atoms with van der Waals surface area (Å²) in [6, 6.07) is 8.18. The summed E-state index contributed by atoms with van der Waals surface area (Å²) in [5.41, 5.74) is 1.37. The Labute approximate surface area is 181 Å². The van der Waals surface area contributed by atoms with E-state index < -0.39 is 0 Å². The normalized spacial score (nSPS) is 26.0. The number of amides is 1. The molecule has 3 heterocycles. The maximum absolute atomic E-state index is 12.3. The van der Waals surface area contributed by atoms with Crippen molar-refractivity contribution in [2.75, 3.05) is 31.6 Å². The van der Waals surface area contributed by atoms with Crippen LogP contribution in [0.4, 0.5) is 5.82 Å². The minimum Gasteiger partial charge on any atom is -0.377 e. The van der Waals surface area contributed by atoms with Gasteiger partial charge in [0.1, 0.15) is 5.82 Å². The molecule has 0 spiro atoms. The van der Waals surface area contributed by atoms with Crippen LogP contribution in [-0.4, -0.2) is 47.6 Å². The summed E-state index contributed by atoms with van der Waals surface area (Å²) in [5.74, 6) is 0.467. The number of rotatable bonds is 4. The third-order valence-corrected chi connectivity index (χ3v) is 7.23. The van der Waals surface area contributed by atoms with Crippen molar-refractivity contribution in [1.82, 2.24) is 9.88 Å². The quantitative estimate of drug-likeness (QED) is 0.803. The van der Waals surface area contributed by atoms with Gasteiger partial charge in [-0.15, -0.1) is 0 Å². The molecule has 1 saturated carbocycles. The highest BCUT2D eigenvalue weighted by molar-refractivity contribution is 6.32. The number of piperidine rings is 1. The molecule has 2 aromatic rings. The number of hydrogen-bond acceptors (Lipinski definition) is 5. The minimum absolute atomic E-state index is 0.122. The van der Waals surface area contributed by atoms with Gasteiger partial charge in [0, 0.05) is 16.6 Å². The number of nitrogens with one attached hydrogen (secondary N) is 1. The Kier molecular flexibility index (Phi) is 4.93. The first-order chi connectivity index (χ1) is 14.5. The van der Waals surface area contributed by atoms with Crippen LogP contribution in [0, 0.1) is 23.2 Å². The first-order valence-corrected chi connectivity index (χ1v) is 11.0. The van der Waals surface area contributed by atoms with Gasteiger partial charge in [-0.2, -0.15) is 5.26 Å². The van der Waals surface area contributed by atoms with Crippen molar-refractivity contribution in [3.63, 3.8) is 0 Å². The predicted molar refractivity (Wildman–Crippen MR) is 115 cm³/mol. The van der Waals surface area contributed by atoms with E-state index in [1.165, 1.54) is 5.56 Å². The highest BCUT2D eigenvalue weighted by atomic mass is 35.5. The Morgan fingerprint density at radius 2 is 2.07 bits per heavy atom. The van der Waals surface area contributed by atoms with Crippen molar-refractivity contribution in [2.45, 2.75) is 37.6 Å². The number of hydrogen-bond donors (Lipinski definition) is 1. The van der Waals surface area contributed by atoms with Crippen molar-refractivity contribution >= 4 is 34.1 Å². The third kappa shape index (κ3) is 3.56. The van der Waals surface area contributed by atoms with Crippen molar-refractivity contribution in [2.24, 2.45) is 11.8 Å². The van der Waals surface area contributed by atoms with Gasteiger partial charge < -0.3 is 10.1 Å². The number of pyridine rings is 1. The molecule has 2 saturated heterocycles. The Morgan fingerprint density at radius 3 is 2.70 bits per heavy atom. The Hall–Kier alpha value is -2.20. The molecule has 1 amide bonds. The minimum atomic E-state index is -0.207. The van der Waals surface area contributed by atoms with Crippen LogP contribution in [0.5, 0.6) is 0 Å². The highest BCUT2D eigenvalue weighted by Crippen LogP contribution is 2.40. The summed E-state index contributed by atoms with van der Waals surface area (Å²) in [7, 11) is 0. The van der Waals surface area contributed by atoms with E-state index in [2.05, 4.69) is 34.3 Å². The number of nitrogens with zero attached hydrogens (tertiary/aromatic N) is 3. The van der Waals surface area contributed by atoms with Crippen LogP contribution in [0.25, 0.3) is 10.8 Å². The largest absolute Gasteiger partial charge is 0.377 e. The summed E-state index contributed by atoms with van der Waals surface area (Å²) in [6.45, 7) is 6.04. The fourth-order valence-electron chi connectivity index (χ4n) is 4.72. The van der Waals surface area contributed by atoms with Crippen LogP contribution in [0.1, 0.15) is 37.7 Å². The number of carbonyl (C=O) groups is 1. The average Bonchev–Trinajstić information content (AvgIpc) is 3.52. The van der Waals surface area contributed by atoms with Gasteiger partial charge in [0.15, 0.2) is 0 Å². The van der Waals surface area contributed by atoms with Gasteiger partial charge in [-0.05, 0) is 74.3 Å². The van der Waals surface area contributed by atoms with Crippen molar-refractivity contribution < 1.29 is 9.53 Å². The Balaban J connectivity index is 1.32. The maximum Gasteiger partial charge on any atom is 0.230 e. The second kappa shape index (κ2) is 7.49. The van der Waals surface area contributed by atoms with E-state index in [0.29, 0.717) is 18.2 Å². The van der Waals surface area contributed by atoms with Crippen molar-refractivity contribution in [1.29, 1.82) is 5.26 Å². The highest BCUT2D eigenvalue weighted by Gasteiger charge is 2.43. The van der Waals surface area contributed by atoms with Gasteiger partial charge in [0.05, 0.1) is 36.7 Å². The summed E-state index contributed by atoms with van der Waals surface area (Å²) in [4.78, 5) is 19.2. The molecule has 6 nitrogen and oxygen atoms in total. The molecular weight excluding hydrogens is 400 g/mol. The molecule has 2 atom stereocenters. The lowest BCUT2D eigenvalue weighted by Gasteiger charge is -2.50. The van der Waals surface area contributed by atoms with E-state index in [1.807, 2.05) is 12.1 Å². The van der Waals surface area contributed by atoms with Gasteiger partial charge in [0.2, 0.25) is 5.91 Å². The molecule has 1 aromatic heterocycles. The number of fused-ring (bicyclic) bond motifs is 1. The topological polar surface area (TPSA) is 78.3 Å². The van der Waals surface area contributed by atoms with Gasteiger partial charge in [-0.1, -0.05) is 11.6 Å². The number of benzene rings is 1. The number of nitriles is 1. The molecule has 1 aliphatic carbocycles. The SMILES string of the molecule is CC1(N2CCC(c3cc4cc(NC(=O)C5CC5C#N)ncc4cc3Cl)CC2)COC1. The van der Waals surface area contributed by atoms with Gasteiger partial charge in [-0.3, -0.25) is 9.69 Å². The van der Waals surface area contributed by atoms with E-state index in [4.69, 9.17) is 21.6 Å². The van der Waals surface area contributed by atoms with Crippen LogP contribution >= 0.6 is 11.6 Å². The van der Waals surface area contributed by atoms with Crippen LogP contribution in [0.15, 0.2) is 24.4 Å². The summed E-state index contributed by atoms with van der Waals surface area (Å²) < 4.78 is 5.42. The lowest BCUT2D eigenvalue weighted by molar-refractivity contribution is -0.136. The zero-order valence-corrected chi connectivity index (χ0v) is 17.8.